The third-order valence-corrected chi connectivity index (χ3v) is 2.63. The number of carbonyl (C=O) groups is 1. The van der Waals surface area contributed by atoms with Gasteiger partial charge in [0.2, 0.25) is 5.91 Å². The molecule has 1 atom stereocenters. The second-order valence-electron chi connectivity index (χ2n) is 3.73. The minimum absolute atomic E-state index is 0.424. The zero-order valence-electron chi connectivity index (χ0n) is 9.37. The molecule has 6 nitrogen and oxygen atoms in total. The first-order valence-electron chi connectivity index (χ1n) is 5.12. The Labute approximate surface area is 98.3 Å². The maximum Gasteiger partial charge on any atom is 0.240 e. The van der Waals surface area contributed by atoms with Crippen molar-refractivity contribution in [3.63, 3.8) is 0 Å². The third kappa shape index (κ3) is 1.96. The minimum Gasteiger partial charge on any atom is -0.398 e. The first kappa shape index (κ1) is 11.1. The van der Waals surface area contributed by atoms with Crippen LogP contribution in [0.25, 0.3) is 11.3 Å². The summed E-state index contributed by atoms with van der Waals surface area (Å²) in [5.41, 5.74) is 13.2. The molecule has 0 aliphatic carbocycles. The van der Waals surface area contributed by atoms with Crippen LogP contribution in [0.15, 0.2) is 31.0 Å². The summed E-state index contributed by atoms with van der Waals surface area (Å²) >= 11 is 0. The van der Waals surface area contributed by atoms with Gasteiger partial charge in [0.25, 0.3) is 0 Å². The van der Waals surface area contributed by atoms with Gasteiger partial charge in [0.05, 0.1) is 18.2 Å². The van der Waals surface area contributed by atoms with Gasteiger partial charge in [-0.05, 0) is 13.0 Å². The van der Waals surface area contributed by atoms with Gasteiger partial charge in [0, 0.05) is 23.6 Å². The van der Waals surface area contributed by atoms with Gasteiger partial charge < -0.3 is 16.0 Å². The molecule has 0 aliphatic rings. The molecule has 0 radical (unpaired) electrons. The number of aromatic nitrogens is 3. The van der Waals surface area contributed by atoms with Gasteiger partial charge in [-0.2, -0.15) is 0 Å². The number of rotatable bonds is 3. The van der Waals surface area contributed by atoms with Crippen molar-refractivity contribution in [3.8, 4) is 11.3 Å². The highest BCUT2D eigenvalue weighted by molar-refractivity contribution is 5.80. The Kier molecular flexibility index (Phi) is 2.78. The molecule has 0 saturated carbocycles. The summed E-state index contributed by atoms with van der Waals surface area (Å²) < 4.78 is 1.68. The van der Waals surface area contributed by atoms with E-state index in [-0.39, 0.29) is 0 Å². The standard InChI is InChI=1S/C11H13N5O/c1-7(11(13)17)16-6-15-5-10(16)8-4-14-3-2-9(8)12/h2-7H,1H3,(H2,12,14)(H2,13,17). The van der Waals surface area contributed by atoms with E-state index in [0.29, 0.717) is 5.69 Å². The molecule has 1 amide bonds. The van der Waals surface area contributed by atoms with Crippen LogP contribution in [-0.2, 0) is 4.79 Å². The summed E-state index contributed by atoms with van der Waals surface area (Å²) in [5.74, 6) is -0.424. The van der Waals surface area contributed by atoms with Crippen LogP contribution in [-0.4, -0.2) is 20.4 Å². The lowest BCUT2D eigenvalue weighted by Crippen LogP contribution is -2.24. The van der Waals surface area contributed by atoms with Crippen molar-refractivity contribution in [3.05, 3.63) is 31.0 Å². The van der Waals surface area contributed by atoms with Crippen molar-refractivity contribution in [1.82, 2.24) is 14.5 Å². The van der Waals surface area contributed by atoms with Crippen LogP contribution in [0.5, 0.6) is 0 Å². The van der Waals surface area contributed by atoms with E-state index in [1.165, 1.54) is 0 Å². The van der Waals surface area contributed by atoms with Crippen LogP contribution >= 0.6 is 0 Å². The predicted molar refractivity (Wildman–Crippen MR) is 63.8 cm³/mol. The Balaban J connectivity index is 2.51. The summed E-state index contributed by atoms with van der Waals surface area (Å²) in [7, 11) is 0. The maximum absolute atomic E-state index is 11.2. The van der Waals surface area contributed by atoms with Crippen molar-refractivity contribution >= 4 is 11.6 Å². The molecule has 0 aromatic carbocycles. The van der Waals surface area contributed by atoms with E-state index in [1.54, 1.807) is 42.5 Å². The van der Waals surface area contributed by atoms with Crippen molar-refractivity contribution < 1.29 is 4.79 Å². The molecule has 1 unspecified atom stereocenters. The SMILES string of the molecule is CC(C(N)=O)n1cncc1-c1cnccc1N. The van der Waals surface area contributed by atoms with Gasteiger partial charge in [-0.3, -0.25) is 9.78 Å². The monoisotopic (exact) mass is 231 g/mol. The first-order valence-corrected chi connectivity index (χ1v) is 5.12. The average Bonchev–Trinajstić information content (AvgIpc) is 2.77. The number of carbonyl (C=O) groups excluding carboxylic acids is 1. The molecule has 2 heterocycles. The quantitative estimate of drug-likeness (QED) is 0.806. The normalized spacial score (nSPS) is 12.3. The highest BCUT2D eigenvalue weighted by Crippen LogP contribution is 2.26. The Hall–Kier alpha value is -2.37. The van der Waals surface area contributed by atoms with E-state index >= 15 is 0 Å². The van der Waals surface area contributed by atoms with Gasteiger partial charge in [-0.15, -0.1) is 0 Å². The first-order chi connectivity index (χ1) is 8.11. The number of anilines is 1. The Morgan fingerprint density at radius 3 is 2.82 bits per heavy atom. The van der Waals surface area contributed by atoms with Gasteiger partial charge in [-0.25, -0.2) is 4.98 Å². The van der Waals surface area contributed by atoms with Gasteiger partial charge >= 0.3 is 0 Å². The molecular weight excluding hydrogens is 218 g/mol. The Bertz CT molecular complexity index is 548. The van der Waals surface area contributed by atoms with Crippen molar-refractivity contribution in [1.29, 1.82) is 0 Å². The number of primary amides is 1. The van der Waals surface area contributed by atoms with Crippen LogP contribution in [0.1, 0.15) is 13.0 Å². The molecule has 4 N–H and O–H groups in total. The molecule has 88 valence electrons. The lowest BCUT2D eigenvalue weighted by molar-refractivity contribution is -0.120. The second-order valence-corrected chi connectivity index (χ2v) is 3.73. The zero-order chi connectivity index (χ0) is 12.4. The van der Waals surface area contributed by atoms with E-state index in [0.717, 1.165) is 11.3 Å². The number of amides is 1. The number of nitrogen functional groups attached to an aromatic ring is 1. The Morgan fingerprint density at radius 1 is 1.41 bits per heavy atom. The molecule has 6 heteroatoms. The van der Waals surface area contributed by atoms with E-state index in [2.05, 4.69) is 9.97 Å². The van der Waals surface area contributed by atoms with E-state index in [1.807, 2.05) is 0 Å². The molecule has 0 saturated heterocycles. The fourth-order valence-electron chi connectivity index (χ4n) is 1.58. The highest BCUT2D eigenvalue weighted by atomic mass is 16.1. The second kappa shape index (κ2) is 4.25. The third-order valence-electron chi connectivity index (χ3n) is 2.63. The lowest BCUT2D eigenvalue weighted by Gasteiger charge is -2.13. The number of nitrogens with zero attached hydrogens (tertiary/aromatic N) is 3. The van der Waals surface area contributed by atoms with Crippen LogP contribution in [0.3, 0.4) is 0 Å². The molecule has 2 aromatic heterocycles. The average molecular weight is 231 g/mol. The summed E-state index contributed by atoms with van der Waals surface area (Å²) in [6, 6.07) is 1.22. The molecular formula is C11H13N5O. The molecule has 0 aliphatic heterocycles. The molecule has 17 heavy (non-hydrogen) atoms. The van der Waals surface area contributed by atoms with E-state index in [9.17, 15) is 4.79 Å². The molecule has 2 rings (SSSR count). The van der Waals surface area contributed by atoms with Gasteiger partial charge in [0.1, 0.15) is 6.04 Å². The number of nitrogens with two attached hydrogens (primary N) is 2. The molecule has 0 fully saturated rings. The van der Waals surface area contributed by atoms with E-state index < -0.39 is 11.9 Å². The van der Waals surface area contributed by atoms with Gasteiger partial charge in [0.15, 0.2) is 0 Å². The summed E-state index contributed by atoms with van der Waals surface area (Å²) in [6.45, 7) is 1.71. The fourth-order valence-corrected chi connectivity index (χ4v) is 1.58. The molecule has 0 spiro atoms. The van der Waals surface area contributed by atoms with Crippen LogP contribution < -0.4 is 11.5 Å². The number of hydrogen-bond acceptors (Lipinski definition) is 4. The largest absolute Gasteiger partial charge is 0.398 e. The van der Waals surface area contributed by atoms with Gasteiger partial charge in [-0.1, -0.05) is 0 Å². The van der Waals surface area contributed by atoms with Crippen LogP contribution in [0, 0.1) is 0 Å². The highest BCUT2D eigenvalue weighted by Gasteiger charge is 2.16. The zero-order valence-corrected chi connectivity index (χ0v) is 9.37. The smallest absolute Gasteiger partial charge is 0.240 e. The van der Waals surface area contributed by atoms with E-state index in [4.69, 9.17) is 11.5 Å². The van der Waals surface area contributed by atoms with Crippen LogP contribution in [0.2, 0.25) is 0 Å². The lowest BCUT2D eigenvalue weighted by atomic mass is 10.1. The topological polar surface area (TPSA) is 99.8 Å². The number of hydrogen-bond donors (Lipinski definition) is 2. The summed E-state index contributed by atoms with van der Waals surface area (Å²) in [4.78, 5) is 19.2. The molecule has 2 aromatic rings. The number of imidazole rings is 1. The Morgan fingerprint density at radius 2 is 2.18 bits per heavy atom. The van der Waals surface area contributed by atoms with Crippen molar-refractivity contribution in [2.75, 3.05) is 5.73 Å². The van der Waals surface area contributed by atoms with Crippen LogP contribution in [0.4, 0.5) is 5.69 Å². The fraction of sp³-hybridized carbons (Fsp3) is 0.182. The molecule has 0 bridgehead atoms. The minimum atomic E-state index is -0.480. The van der Waals surface area contributed by atoms with Crippen molar-refractivity contribution in [2.24, 2.45) is 5.73 Å². The summed E-state index contributed by atoms with van der Waals surface area (Å²) in [6.07, 6.45) is 6.43. The predicted octanol–water partition coefficient (Wildman–Crippen LogP) is 0.574. The summed E-state index contributed by atoms with van der Waals surface area (Å²) in [5, 5.41) is 0. The van der Waals surface area contributed by atoms with Crippen molar-refractivity contribution in [2.45, 2.75) is 13.0 Å². The maximum atomic E-state index is 11.2. The number of pyridine rings is 1.